The molecule has 3 aromatic rings. The van der Waals surface area contributed by atoms with Crippen molar-refractivity contribution < 1.29 is 9.84 Å². The minimum atomic E-state index is 0.293. The van der Waals surface area contributed by atoms with Crippen LogP contribution in [-0.2, 0) is 0 Å². The summed E-state index contributed by atoms with van der Waals surface area (Å²) in [4.78, 5) is 0. The zero-order valence-corrected chi connectivity index (χ0v) is 16.5. The first-order valence-electron chi connectivity index (χ1n) is 9.22. The summed E-state index contributed by atoms with van der Waals surface area (Å²) in [6.07, 6.45) is 0. The molecule has 4 rings (SSSR count). The van der Waals surface area contributed by atoms with Crippen LogP contribution in [0.1, 0.15) is 38.9 Å². The van der Waals surface area contributed by atoms with Crippen LogP contribution in [0.15, 0.2) is 36.4 Å². The van der Waals surface area contributed by atoms with E-state index in [9.17, 15) is 5.11 Å². The highest BCUT2D eigenvalue weighted by Crippen LogP contribution is 2.43. The van der Waals surface area contributed by atoms with Gasteiger partial charge in [0.05, 0.1) is 0 Å². The van der Waals surface area contributed by atoms with Crippen LogP contribution in [0.25, 0.3) is 12.2 Å². The highest BCUT2D eigenvalue weighted by molar-refractivity contribution is 5.88. The number of hydrogen-bond acceptors (Lipinski definition) is 2. The average Bonchev–Trinajstić information content (AvgIpc) is 2.64. The molecule has 27 heavy (non-hydrogen) atoms. The summed E-state index contributed by atoms with van der Waals surface area (Å²) in [6, 6.07) is 12.6. The molecule has 0 amide bonds. The third-order valence-corrected chi connectivity index (χ3v) is 5.71. The second kappa shape index (κ2) is 6.02. The van der Waals surface area contributed by atoms with Crippen LogP contribution in [0.2, 0.25) is 0 Å². The normalized spacial score (nSPS) is 12.4. The van der Waals surface area contributed by atoms with Crippen LogP contribution in [0.5, 0.6) is 17.2 Å². The Hall–Kier alpha value is -3.00. The SMILES string of the molecule is C=c1c(C)cc2c(c1C)Oc1c(cc(C)c(O)c1C)C=2c1ccccc1C. The Labute approximate surface area is 160 Å². The lowest BCUT2D eigenvalue weighted by molar-refractivity contribution is 0.438. The Morgan fingerprint density at radius 1 is 0.778 bits per heavy atom. The zero-order chi connectivity index (χ0) is 19.5. The molecule has 1 aliphatic heterocycles. The molecule has 0 aromatic heterocycles. The second-order valence-electron chi connectivity index (χ2n) is 7.51. The van der Waals surface area contributed by atoms with Gasteiger partial charge in [0.1, 0.15) is 17.2 Å². The van der Waals surface area contributed by atoms with Gasteiger partial charge in [-0.25, -0.2) is 0 Å². The number of fused-ring (bicyclic) bond motifs is 2. The van der Waals surface area contributed by atoms with E-state index in [0.29, 0.717) is 5.75 Å². The Kier molecular flexibility index (Phi) is 3.88. The molecule has 1 aliphatic rings. The van der Waals surface area contributed by atoms with Crippen molar-refractivity contribution in [1.29, 1.82) is 0 Å². The van der Waals surface area contributed by atoms with Crippen molar-refractivity contribution in [3.63, 3.8) is 0 Å². The van der Waals surface area contributed by atoms with Crippen molar-refractivity contribution in [2.75, 3.05) is 0 Å². The van der Waals surface area contributed by atoms with Crippen molar-refractivity contribution in [2.45, 2.75) is 34.6 Å². The van der Waals surface area contributed by atoms with Crippen LogP contribution in [0.3, 0.4) is 0 Å². The number of aromatic hydroxyl groups is 1. The number of phenolic OH excluding ortho intramolecular Hbond substituents is 1. The lowest BCUT2D eigenvalue weighted by Gasteiger charge is -2.26. The van der Waals surface area contributed by atoms with E-state index < -0.39 is 0 Å². The van der Waals surface area contributed by atoms with E-state index in [1.807, 2.05) is 19.9 Å². The summed E-state index contributed by atoms with van der Waals surface area (Å²) in [7, 11) is 0. The first-order valence-corrected chi connectivity index (χ1v) is 9.22. The Bertz CT molecular complexity index is 1220. The molecule has 0 unspecified atom stereocenters. The molecule has 3 aromatic carbocycles. The standard InChI is InChI=1S/C25H24O2/c1-13-9-7-8-10-19(13)22-20-11-14(2)16(4)17(5)24(20)27-25-18(6)23(26)15(3)12-21(22)25/h7-12,26H,4H2,1-3,5-6H3. The highest BCUT2D eigenvalue weighted by Gasteiger charge is 2.26. The molecule has 0 fully saturated rings. The summed E-state index contributed by atoms with van der Waals surface area (Å²) in [6.45, 7) is 14.3. The van der Waals surface area contributed by atoms with E-state index in [1.165, 1.54) is 11.1 Å². The fourth-order valence-corrected chi connectivity index (χ4v) is 3.98. The van der Waals surface area contributed by atoms with E-state index in [-0.39, 0.29) is 0 Å². The van der Waals surface area contributed by atoms with Gasteiger partial charge in [-0.05, 0) is 79.8 Å². The number of benzene rings is 3. The van der Waals surface area contributed by atoms with Crippen molar-refractivity contribution in [1.82, 2.24) is 0 Å². The van der Waals surface area contributed by atoms with Crippen LogP contribution in [-0.4, -0.2) is 5.11 Å². The number of ether oxygens (including phenoxy) is 1. The van der Waals surface area contributed by atoms with E-state index in [4.69, 9.17) is 4.74 Å². The van der Waals surface area contributed by atoms with Crippen LogP contribution >= 0.6 is 0 Å². The largest absolute Gasteiger partial charge is 0.507 e. The molecule has 0 atom stereocenters. The molecule has 1 N–H and O–H groups in total. The van der Waals surface area contributed by atoms with E-state index >= 15 is 0 Å². The van der Waals surface area contributed by atoms with Crippen LogP contribution < -0.4 is 15.2 Å². The monoisotopic (exact) mass is 356 g/mol. The second-order valence-corrected chi connectivity index (χ2v) is 7.51. The maximum atomic E-state index is 10.5. The van der Waals surface area contributed by atoms with Gasteiger partial charge >= 0.3 is 0 Å². The smallest absolute Gasteiger partial charge is 0.141 e. The summed E-state index contributed by atoms with van der Waals surface area (Å²) < 4.78 is 6.38. The Morgan fingerprint density at radius 3 is 2.19 bits per heavy atom. The molecular formula is C25H24O2. The maximum absolute atomic E-state index is 10.5. The van der Waals surface area contributed by atoms with Gasteiger partial charge in [-0.3, -0.25) is 0 Å². The molecule has 0 bridgehead atoms. The summed E-state index contributed by atoms with van der Waals surface area (Å²) in [5.74, 6) is 1.86. The van der Waals surface area contributed by atoms with Crippen molar-refractivity contribution in [3.05, 3.63) is 85.8 Å². The molecule has 0 radical (unpaired) electrons. The topological polar surface area (TPSA) is 29.5 Å². The average molecular weight is 356 g/mol. The van der Waals surface area contributed by atoms with Gasteiger partial charge in [-0.2, -0.15) is 0 Å². The quantitative estimate of drug-likeness (QED) is 0.536. The Morgan fingerprint density at radius 2 is 1.48 bits per heavy atom. The molecule has 2 nitrogen and oxygen atoms in total. The Balaban J connectivity index is 2.27. The lowest BCUT2D eigenvalue weighted by atomic mass is 9.86. The number of phenols is 1. The van der Waals surface area contributed by atoms with Gasteiger partial charge in [-0.1, -0.05) is 30.8 Å². The fraction of sp³-hybridized carbons (Fsp3) is 0.200. The van der Waals surface area contributed by atoms with Gasteiger partial charge in [0.25, 0.3) is 0 Å². The van der Waals surface area contributed by atoms with Gasteiger partial charge in [-0.15, -0.1) is 0 Å². The minimum Gasteiger partial charge on any atom is -0.507 e. The lowest BCUT2D eigenvalue weighted by Crippen LogP contribution is -2.25. The van der Waals surface area contributed by atoms with Crippen LogP contribution in [0.4, 0.5) is 0 Å². The van der Waals surface area contributed by atoms with Crippen molar-refractivity contribution in [2.24, 2.45) is 0 Å². The van der Waals surface area contributed by atoms with Gasteiger partial charge in [0.2, 0.25) is 0 Å². The van der Waals surface area contributed by atoms with Crippen molar-refractivity contribution in [3.8, 4) is 17.2 Å². The zero-order valence-electron chi connectivity index (χ0n) is 16.5. The molecule has 0 aliphatic carbocycles. The van der Waals surface area contributed by atoms with Gasteiger partial charge in [0, 0.05) is 21.9 Å². The first kappa shape index (κ1) is 17.4. The maximum Gasteiger partial charge on any atom is 0.141 e. The molecular weight excluding hydrogens is 332 g/mol. The van der Waals surface area contributed by atoms with Gasteiger partial charge in [0.15, 0.2) is 0 Å². The molecule has 1 heterocycles. The third kappa shape index (κ3) is 2.48. The molecule has 0 saturated carbocycles. The summed E-state index contributed by atoms with van der Waals surface area (Å²) in [5, 5.41) is 12.6. The predicted octanol–water partition coefficient (Wildman–Crippen LogP) is 4.70. The molecule has 0 spiro atoms. The van der Waals surface area contributed by atoms with E-state index in [1.54, 1.807) is 0 Å². The molecule has 2 heteroatoms. The molecule has 136 valence electrons. The minimum absolute atomic E-state index is 0.293. The van der Waals surface area contributed by atoms with E-state index in [0.717, 1.165) is 55.3 Å². The number of hydrogen-bond donors (Lipinski definition) is 1. The summed E-state index contributed by atoms with van der Waals surface area (Å²) in [5.41, 5.74) is 8.39. The first-order chi connectivity index (χ1) is 12.8. The molecule has 0 saturated heterocycles. The highest BCUT2D eigenvalue weighted by atomic mass is 16.5. The summed E-state index contributed by atoms with van der Waals surface area (Å²) >= 11 is 0. The number of rotatable bonds is 1. The van der Waals surface area contributed by atoms with Crippen LogP contribution in [0, 0.1) is 34.6 Å². The van der Waals surface area contributed by atoms with Gasteiger partial charge < -0.3 is 9.84 Å². The van der Waals surface area contributed by atoms with Crippen molar-refractivity contribution >= 4 is 12.2 Å². The van der Waals surface area contributed by atoms with E-state index in [2.05, 4.69) is 57.7 Å². The number of aryl methyl sites for hydroxylation is 3. The third-order valence-electron chi connectivity index (χ3n) is 5.71. The fourth-order valence-electron chi connectivity index (χ4n) is 3.98. The predicted molar refractivity (Wildman–Crippen MR) is 111 cm³/mol.